The first-order chi connectivity index (χ1) is 9.50. The number of sulfonamides is 1. The zero-order chi connectivity index (χ0) is 14.6. The number of halogens is 1. The van der Waals surface area contributed by atoms with E-state index in [1.54, 1.807) is 4.31 Å². The van der Waals surface area contributed by atoms with E-state index in [1.165, 1.54) is 11.8 Å². The minimum atomic E-state index is -3.04. The molecule has 2 rings (SSSR count). The third-order valence-corrected chi connectivity index (χ3v) is 6.08. The van der Waals surface area contributed by atoms with Crippen LogP contribution in [0.25, 0.3) is 0 Å². The third kappa shape index (κ3) is 4.30. The number of piperidine rings is 1. The Balaban J connectivity index is 2.01. The molecule has 1 heterocycles. The van der Waals surface area contributed by atoms with E-state index in [0.29, 0.717) is 24.9 Å². The van der Waals surface area contributed by atoms with Gasteiger partial charge in [0, 0.05) is 18.4 Å². The van der Waals surface area contributed by atoms with Crippen LogP contribution in [0.3, 0.4) is 0 Å². The summed E-state index contributed by atoms with van der Waals surface area (Å²) in [4.78, 5) is 0. The van der Waals surface area contributed by atoms with Crippen LogP contribution < -0.4 is 0 Å². The first-order valence-electron chi connectivity index (χ1n) is 7.06. The van der Waals surface area contributed by atoms with Crippen LogP contribution in [0.4, 0.5) is 0 Å². The van der Waals surface area contributed by atoms with Gasteiger partial charge in [-0.2, -0.15) is 0 Å². The van der Waals surface area contributed by atoms with Crippen molar-refractivity contribution < 1.29 is 8.42 Å². The number of hydrogen-bond acceptors (Lipinski definition) is 2. The summed E-state index contributed by atoms with van der Waals surface area (Å²) in [6.07, 6.45) is 4.46. The second-order valence-corrected chi connectivity index (χ2v) is 8.26. The average molecular weight is 360 g/mol. The molecule has 1 aliphatic heterocycles. The molecular weight excluding hydrogens is 338 g/mol. The van der Waals surface area contributed by atoms with Crippen molar-refractivity contribution in [1.29, 1.82) is 0 Å². The summed E-state index contributed by atoms with van der Waals surface area (Å²) < 4.78 is 25.0. The zero-order valence-corrected chi connectivity index (χ0v) is 14.2. The van der Waals surface area contributed by atoms with Crippen molar-refractivity contribution in [3.05, 3.63) is 35.9 Å². The normalized spacial score (nSPS) is 22.6. The van der Waals surface area contributed by atoms with Gasteiger partial charge in [-0.15, -0.1) is 0 Å². The van der Waals surface area contributed by atoms with E-state index < -0.39 is 10.0 Å². The highest BCUT2D eigenvalue weighted by atomic mass is 79.9. The fourth-order valence-corrected chi connectivity index (χ4v) is 4.52. The number of alkyl halides is 1. The van der Waals surface area contributed by atoms with Gasteiger partial charge in [-0.1, -0.05) is 46.3 Å². The van der Waals surface area contributed by atoms with E-state index in [-0.39, 0.29) is 0 Å². The van der Waals surface area contributed by atoms with E-state index in [9.17, 15) is 8.42 Å². The molecule has 0 aliphatic carbocycles. The molecule has 0 radical (unpaired) electrons. The van der Waals surface area contributed by atoms with Gasteiger partial charge >= 0.3 is 0 Å². The van der Waals surface area contributed by atoms with Crippen molar-refractivity contribution in [2.24, 2.45) is 5.92 Å². The number of benzene rings is 1. The fraction of sp³-hybridized carbons (Fsp3) is 0.600. The lowest BCUT2D eigenvalue weighted by Gasteiger charge is -2.32. The van der Waals surface area contributed by atoms with Gasteiger partial charge in [0.05, 0.1) is 6.26 Å². The van der Waals surface area contributed by atoms with E-state index in [0.717, 1.165) is 24.6 Å². The largest absolute Gasteiger partial charge is 0.213 e. The fourth-order valence-electron chi connectivity index (χ4n) is 2.94. The molecule has 5 heteroatoms. The first kappa shape index (κ1) is 16.0. The Bertz CT molecular complexity index is 518. The molecule has 0 amide bonds. The second-order valence-electron chi connectivity index (χ2n) is 5.63. The molecule has 1 aromatic rings. The summed E-state index contributed by atoms with van der Waals surface area (Å²) in [6, 6.07) is 10.5. The molecule has 0 saturated carbocycles. The Labute approximate surface area is 130 Å². The maximum atomic E-state index is 11.7. The van der Waals surface area contributed by atoms with Crippen LogP contribution in [0.1, 0.15) is 30.7 Å². The molecule has 0 bridgehead atoms. The maximum absolute atomic E-state index is 11.7. The van der Waals surface area contributed by atoms with Gasteiger partial charge in [-0.05, 0) is 36.7 Å². The number of rotatable bonds is 5. The molecule has 0 spiro atoms. The molecule has 3 nitrogen and oxygen atoms in total. The Morgan fingerprint density at radius 3 is 2.65 bits per heavy atom. The zero-order valence-electron chi connectivity index (χ0n) is 11.8. The SMILES string of the molecule is CS(=O)(=O)N1CCCC(CC(CBr)c2ccccc2)C1. The second kappa shape index (κ2) is 7.05. The van der Waals surface area contributed by atoms with Gasteiger partial charge < -0.3 is 0 Å². The van der Waals surface area contributed by atoms with E-state index in [1.807, 2.05) is 6.07 Å². The van der Waals surface area contributed by atoms with Crippen LogP contribution in [-0.2, 0) is 10.0 Å². The smallest absolute Gasteiger partial charge is 0.211 e. The molecule has 20 heavy (non-hydrogen) atoms. The third-order valence-electron chi connectivity index (χ3n) is 4.03. The summed E-state index contributed by atoms with van der Waals surface area (Å²) in [5, 5.41) is 0.923. The van der Waals surface area contributed by atoms with Crippen molar-refractivity contribution in [3.8, 4) is 0 Å². The monoisotopic (exact) mass is 359 g/mol. The summed E-state index contributed by atoms with van der Waals surface area (Å²) in [7, 11) is -3.04. The standard InChI is InChI=1S/C15H22BrNO2S/c1-20(18,19)17-9-5-6-13(12-17)10-15(11-16)14-7-3-2-4-8-14/h2-4,7-8,13,15H,5-6,9-12H2,1H3. The lowest BCUT2D eigenvalue weighted by molar-refractivity contribution is 0.249. The summed E-state index contributed by atoms with van der Waals surface area (Å²) in [6.45, 7) is 1.36. The van der Waals surface area contributed by atoms with E-state index in [4.69, 9.17) is 0 Å². The van der Waals surface area contributed by atoms with Crippen molar-refractivity contribution in [2.75, 3.05) is 24.7 Å². The quantitative estimate of drug-likeness (QED) is 0.756. The summed E-state index contributed by atoms with van der Waals surface area (Å²) in [5.41, 5.74) is 1.33. The van der Waals surface area contributed by atoms with Crippen LogP contribution in [0, 0.1) is 5.92 Å². The molecule has 1 fully saturated rings. The molecule has 112 valence electrons. The lowest BCUT2D eigenvalue weighted by Crippen LogP contribution is -2.39. The van der Waals surface area contributed by atoms with Gasteiger partial charge in [-0.25, -0.2) is 12.7 Å². The molecule has 1 aliphatic rings. The topological polar surface area (TPSA) is 37.4 Å². The predicted octanol–water partition coefficient (Wildman–Crippen LogP) is 3.23. The van der Waals surface area contributed by atoms with Crippen LogP contribution in [-0.4, -0.2) is 37.4 Å². The Kier molecular flexibility index (Phi) is 5.64. The Morgan fingerprint density at radius 2 is 2.05 bits per heavy atom. The van der Waals surface area contributed by atoms with Crippen molar-refractivity contribution in [2.45, 2.75) is 25.2 Å². The average Bonchev–Trinajstić information content (AvgIpc) is 2.45. The van der Waals surface area contributed by atoms with Gasteiger partial charge in [-0.3, -0.25) is 0 Å². The molecule has 1 saturated heterocycles. The van der Waals surface area contributed by atoms with Gasteiger partial charge in [0.2, 0.25) is 10.0 Å². The highest BCUT2D eigenvalue weighted by Crippen LogP contribution is 2.31. The summed E-state index contributed by atoms with van der Waals surface area (Å²) in [5.74, 6) is 0.918. The van der Waals surface area contributed by atoms with Gasteiger partial charge in [0.1, 0.15) is 0 Å². The maximum Gasteiger partial charge on any atom is 0.211 e. The molecule has 1 aromatic carbocycles. The molecule has 2 unspecified atom stereocenters. The number of hydrogen-bond donors (Lipinski definition) is 0. The van der Waals surface area contributed by atoms with Crippen LogP contribution >= 0.6 is 15.9 Å². The molecular formula is C15H22BrNO2S. The highest BCUT2D eigenvalue weighted by Gasteiger charge is 2.27. The van der Waals surface area contributed by atoms with Crippen LogP contribution in [0.5, 0.6) is 0 Å². The first-order valence-corrected chi connectivity index (χ1v) is 10.0. The molecule has 2 atom stereocenters. The number of nitrogens with zero attached hydrogens (tertiary/aromatic N) is 1. The van der Waals surface area contributed by atoms with E-state index >= 15 is 0 Å². The Morgan fingerprint density at radius 1 is 1.35 bits per heavy atom. The van der Waals surface area contributed by atoms with E-state index in [2.05, 4.69) is 40.2 Å². The van der Waals surface area contributed by atoms with Crippen molar-refractivity contribution >= 4 is 26.0 Å². The van der Waals surface area contributed by atoms with Crippen LogP contribution in [0.2, 0.25) is 0 Å². The van der Waals surface area contributed by atoms with Crippen LogP contribution in [0.15, 0.2) is 30.3 Å². The van der Waals surface area contributed by atoms with Gasteiger partial charge in [0.15, 0.2) is 0 Å². The highest BCUT2D eigenvalue weighted by molar-refractivity contribution is 9.09. The molecule has 0 aromatic heterocycles. The van der Waals surface area contributed by atoms with Crippen molar-refractivity contribution in [3.63, 3.8) is 0 Å². The van der Waals surface area contributed by atoms with Crippen molar-refractivity contribution in [1.82, 2.24) is 4.31 Å². The minimum absolute atomic E-state index is 0.459. The summed E-state index contributed by atoms with van der Waals surface area (Å²) >= 11 is 3.60. The van der Waals surface area contributed by atoms with Gasteiger partial charge in [0.25, 0.3) is 0 Å². The lowest BCUT2D eigenvalue weighted by atomic mass is 9.86. The minimum Gasteiger partial charge on any atom is -0.213 e. The predicted molar refractivity (Wildman–Crippen MR) is 86.7 cm³/mol. The molecule has 0 N–H and O–H groups in total. The Hall–Kier alpha value is -0.390.